The van der Waals surface area contributed by atoms with E-state index in [9.17, 15) is 14.7 Å². The van der Waals surface area contributed by atoms with Crippen molar-refractivity contribution in [1.82, 2.24) is 4.57 Å². The Morgan fingerprint density at radius 1 is 1.00 bits per heavy atom. The van der Waals surface area contributed by atoms with Gasteiger partial charge in [0.05, 0.1) is 26.9 Å². The van der Waals surface area contributed by atoms with Crippen molar-refractivity contribution in [2.75, 3.05) is 21.3 Å². The third-order valence-corrected chi connectivity index (χ3v) is 3.11. The highest BCUT2D eigenvalue weighted by Gasteiger charge is 2.28. The molecule has 0 amide bonds. The predicted octanol–water partition coefficient (Wildman–Crippen LogP) is 1.90. The normalized spacial score (nSPS) is 10.1. The van der Waals surface area contributed by atoms with Crippen LogP contribution in [0.15, 0.2) is 30.6 Å². The fourth-order valence-corrected chi connectivity index (χ4v) is 2.15. The molecule has 7 nitrogen and oxygen atoms in total. The summed E-state index contributed by atoms with van der Waals surface area (Å²) in [4.78, 5) is 24.1. The van der Waals surface area contributed by atoms with Crippen molar-refractivity contribution in [3.8, 4) is 17.2 Å². The minimum Gasteiger partial charge on any atom is -0.493 e. The van der Waals surface area contributed by atoms with Crippen molar-refractivity contribution in [3.63, 3.8) is 0 Å². The van der Waals surface area contributed by atoms with Crippen LogP contribution in [0.1, 0.15) is 20.7 Å². The molecule has 0 radical (unpaired) electrons. The molecule has 1 heterocycles. The summed E-state index contributed by atoms with van der Waals surface area (Å²) >= 11 is 0. The van der Waals surface area contributed by atoms with E-state index in [0.717, 1.165) is 0 Å². The molecule has 0 aliphatic rings. The zero-order valence-electron chi connectivity index (χ0n) is 12.3. The maximum atomic E-state index is 12.5. The Balaban J connectivity index is 2.77. The number of hydrogen-bond acceptors (Lipinski definition) is 5. The van der Waals surface area contributed by atoms with Gasteiger partial charge in [-0.1, -0.05) is 0 Å². The average Bonchev–Trinajstić information content (AvgIpc) is 3.05. The first-order chi connectivity index (χ1) is 10.5. The standard InChI is InChI=1S/C15H15NO6/c1-20-10-8-9(14(17)16-6-4-5-7-16)11(15(18)19)13(22-3)12(10)21-2/h4-8H,1-3H3,(H,18,19). The van der Waals surface area contributed by atoms with Crippen LogP contribution < -0.4 is 14.2 Å². The molecule has 0 aliphatic heterocycles. The van der Waals surface area contributed by atoms with Crippen LogP contribution in [0.3, 0.4) is 0 Å². The van der Waals surface area contributed by atoms with E-state index < -0.39 is 11.9 Å². The molecule has 1 aromatic carbocycles. The number of aromatic nitrogens is 1. The highest BCUT2D eigenvalue weighted by molar-refractivity contribution is 6.08. The predicted molar refractivity (Wildman–Crippen MR) is 77.2 cm³/mol. The number of methoxy groups -OCH3 is 3. The van der Waals surface area contributed by atoms with Crippen molar-refractivity contribution in [1.29, 1.82) is 0 Å². The van der Waals surface area contributed by atoms with Crippen molar-refractivity contribution in [2.24, 2.45) is 0 Å². The fraction of sp³-hybridized carbons (Fsp3) is 0.200. The lowest BCUT2D eigenvalue weighted by molar-refractivity contribution is 0.0686. The highest BCUT2D eigenvalue weighted by atomic mass is 16.5. The van der Waals surface area contributed by atoms with Gasteiger partial charge >= 0.3 is 5.97 Å². The van der Waals surface area contributed by atoms with Gasteiger partial charge in [-0.05, 0) is 18.2 Å². The van der Waals surface area contributed by atoms with E-state index in [1.807, 2.05) is 0 Å². The van der Waals surface area contributed by atoms with E-state index in [4.69, 9.17) is 14.2 Å². The molecule has 2 rings (SSSR count). The number of carboxylic acids is 1. The van der Waals surface area contributed by atoms with Crippen LogP contribution in [0.2, 0.25) is 0 Å². The second kappa shape index (κ2) is 6.21. The SMILES string of the molecule is COc1cc(C(=O)n2cccc2)c(C(=O)O)c(OC)c1OC. The van der Waals surface area contributed by atoms with E-state index in [1.54, 1.807) is 12.1 Å². The number of carboxylic acid groups (broad SMARTS) is 1. The summed E-state index contributed by atoms with van der Waals surface area (Å²) in [5.74, 6) is -1.55. The first-order valence-corrected chi connectivity index (χ1v) is 6.29. The molecule has 0 aliphatic carbocycles. The number of ether oxygens (including phenoxy) is 3. The molecule has 0 saturated heterocycles. The third-order valence-electron chi connectivity index (χ3n) is 3.11. The number of carbonyl (C=O) groups is 2. The lowest BCUT2D eigenvalue weighted by Crippen LogP contribution is -2.17. The second-order valence-electron chi connectivity index (χ2n) is 4.27. The number of rotatable bonds is 5. The molecule has 0 spiro atoms. The zero-order chi connectivity index (χ0) is 16.3. The topological polar surface area (TPSA) is 87.0 Å². The number of nitrogens with zero attached hydrogens (tertiary/aromatic N) is 1. The minimum absolute atomic E-state index is 0.0572. The van der Waals surface area contributed by atoms with E-state index in [2.05, 4.69) is 0 Å². The number of benzene rings is 1. The quantitative estimate of drug-likeness (QED) is 0.908. The molecule has 0 atom stereocenters. The van der Waals surface area contributed by atoms with Crippen LogP contribution in [0, 0.1) is 0 Å². The van der Waals surface area contributed by atoms with Crippen molar-refractivity contribution >= 4 is 11.9 Å². The fourth-order valence-electron chi connectivity index (χ4n) is 2.15. The monoisotopic (exact) mass is 305 g/mol. The van der Waals surface area contributed by atoms with Crippen LogP contribution in [0.4, 0.5) is 0 Å². The van der Waals surface area contributed by atoms with E-state index >= 15 is 0 Å². The van der Waals surface area contributed by atoms with Crippen molar-refractivity contribution in [3.05, 3.63) is 41.7 Å². The Labute approximate surface area is 126 Å². The van der Waals surface area contributed by atoms with Gasteiger partial charge in [0, 0.05) is 12.4 Å². The average molecular weight is 305 g/mol. The van der Waals surface area contributed by atoms with Crippen molar-refractivity contribution in [2.45, 2.75) is 0 Å². The number of aromatic carboxylic acids is 1. The van der Waals surface area contributed by atoms with E-state index in [-0.39, 0.29) is 28.4 Å². The Kier molecular flexibility index (Phi) is 4.36. The van der Waals surface area contributed by atoms with Gasteiger partial charge in [0.1, 0.15) is 5.56 Å². The Morgan fingerprint density at radius 2 is 1.59 bits per heavy atom. The first-order valence-electron chi connectivity index (χ1n) is 6.29. The summed E-state index contributed by atoms with van der Waals surface area (Å²) in [6, 6.07) is 4.65. The van der Waals surface area contributed by atoms with Gasteiger partial charge < -0.3 is 19.3 Å². The molecule has 1 N–H and O–H groups in total. The Bertz CT molecular complexity index is 705. The lowest BCUT2D eigenvalue weighted by atomic mass is 10.0. The molecular formula is C15H15NO6. The highest BCUT2D eigenvalue weighted by Crippen LogP contribution is 2.42. The van der Waals surface area contributed by atoms with Gasteiger partial charge in [0.25, 0.3) is 5.91 Å². The van der Waals surface area contributed by atoms with Gasteiger partial charge in [-0.3, -0.25) is 9.36 Å². The van der Waals surface area contributed by atoms with Crippen LogP contribution in [-0.2, 0) is 0 Å². The van der Waals surface area contributed by atoms with Gasteiger partial charge in [-0.2, -0.15) is 0 Å². The number of hydrogen-bond donors (Lipinski definition) is 1. The Hall–Kier alpha value is -2.96. The molecule has 0 unspecified atom stereocenters. The van der Waals surface area contributed by atoms with Gasteiger partial charge in [-0.15, -0.1) is 0 Å². The lowest BCUT2D eigenvalue weighted by Gasteiger charge is -2.17. The number of carbonyl (C=O) groups excluding carboxylic acids is 1. The molecule has 0 fully saturated rings. The van der Waals surface area contributed by atoms with E-state index in [1.165, 1.54) is 44.4 Å². The van der Waals surface area contributed by atoms with Crippen LogP contribution in [0.25, 0.3) is 0 Å². The summed E-state index contributed by atoms with van der Waals surface area (Å²) in [6.45, 7) is 0. The summed E-state index contributed by atoms with van der Waals surface area (Å²) in [7, 11) is 4.05. The van der Waals surface area contributed by atoms with Crippen molar-refractivity contribution < 1.29 is 28.9 Å². The molecule has 0 saturated carbocycles. The molecule has 116 valence electrons. The van der Waals surface area contributed by atoms with Crippen LogP contribution in [-0.4, -0.2) is 42.9 Å². The second-order valence-corrected chi connectivity index (χ2v) is 4.27. The van der Waals surface area contributed by atoms with Gasteiger partial charge in [-0.25, -0.2) is 4.79 Å². The van der Waals surface area contributed by atoms with Gasteiger partial charge in [0.2, 0.25) is 5.75 Å². The van der Waals surface area contributed by atoms with Gasteiger partial charge in [0.15, 0.2) is 11.5 Å². The summed E-state index contributed by atoms with van der Waals surface area (Å²) in [6.07, 6.45) is 3.05. The summed E-state index contributed by atoms with van der Waals surface area (Å²) in [5, 5.41) is 9.47. The zero-order valence-corrected chi connectivity index (χ0v) is 12.3. The van der Waals surface area contributed by atoms with Crippen LogP contribution in [0.5, 0.6) is 17.2 Å². The first kappa shape index (κ1) is 15.4. The molecule has 7 heteroatoms. The summed E-state index contributed by atoms with van der Waals surface area (Å²) in [5.41, 5.74) is -0.336. The maximum absolute atomic E-state index is 12.5. The molecule has 22 heavy (non-hydrogen) atoms. The largest absolute Gasteiger partial charge is 0.493 e. The molecule has 1 aromatic heterocycles. The van der Waals surface area contributed by atoms with Crippen LogP contribution >= 0.6 is 0 Å². The summed E-state index contributed by atoms with van der Waals surface area (Å²) < 4.78 is 16.7. The molecule has 0 bridgehead atoms. The molecular weight excluding hydrogens is 290 g/mol. The smallest absolute Gasteiger partial charge is 0.340 e. The maximum Gasteiger partial charge on any atom is 0.340 e. The third kappa shape index (κ3) is 2.48. The minimum atomic E-state index is -1.30. The van der Waals surface area contributed by atoms with E-state index in [0.29, 0.717) is 0 Å². The molecule has 2 aromatic rings. The Morgan fingerprint density at radius 3 is 2.05 bits per heavy atom.